The van der Waals surface area contributed by atoms with Crippen LogP contribution in [0, 0.1) is 0 Å². The summed E-state index contributed by atoms with van der Waals surface area (Å²) in [5.74, 6) is 0.854. The van der Waals surface area contributed by atoms with E-state index in [4.69, 9.17) is 9.15 Å². The van der Waals surface area contributed by atoms with Crippen molar-refractivity contribution in [2.24, 2.45) is 0 Å². The summed E-state index contributed by atoms with van der Waals surface area (Å²) in [5.41, 5.74) is 2.15. The minimum absolute atomic E-state index is 0.171. The molecule has 4 rings (SSSR count). The maximum absolute atomic E-state index is 12.7. The number of nitrogens with zero attached hydrogens (tertiary/aromatic N) is 3. The van der Waals surface area contributed by atoms with Gasteiger partial charge in [0, 0.05) is 37.4 Å². The number of hydrogen-bond acceptors (Lipinski definition) is 8. The van der Waals surface area contributed by atoms with E-state index in [1.165, 1.54) is 24.4 Å². The smallest absolute Gasteiger partial charge is 0.373 e. The third-order valence-electron chi connectivity index (χ3n) is 5.56. The Morgan fingerprint density at radius 3 is 2.87 bits per heavy atom. The minimum Gasteiger partial charge on any atom is -0.463 e. The van der Waals surface area contributed by atoms with Crippen LogP contribution >= 0.6 is 11.8 Å². The van der Waals surface area contributed by atoms with Gasteiger partial charge in [0.2, 0.25) is 5.76 Å². The van der Waals surface area contributed by atoms with Crippen LogP contribution in [-0.2, 0) is 34.6 Å². The maximum Gasteiger partial charge on any atom is 0.373 e. The molecule has 0 atom stereocenters. The van der Waals surface area contributed by atoms with Crippen molar-refractivity contribution in [2.75, 3.05) is 40.0 Å². The predicted octanol–water partition coefficient (Wildman–Crippen LogP) is 2.13. The summed E-state index contributed by atoms with van der Waals surface area (Å²) in [6.07, 6.45) is 3.85. The summed E-state index contributed by atoms with van der Waals surface area (Å²) in [6.45, 7) is 5.19. The number of rotatable bonds is 8. The van der Waals surface area contributed by atoms with Gasteiger partial charge >= 0.3 is 11.7 Å². The molecule has 0 unspecified atom stereocenters. The summed E-state index contributed by atoms with van der Waals surface area (Å²) in [7, 11) is 1.32. The van der Waals surface area contributed by atoms with Crippen LogP contribution in [0.15, 0.2) is 26.4 Å². The molecule has 1 aliphatic carbocycles. The van der Waals surface area contributed by atoms with E-state index in [0.717, 1.165) is 69.3 Å². The highest BCUT2D eigenvalue weighted by atomic mass is 32.2. The van der Waals surface area contributed by atoms with Crippen molar-refractivity contribution >= 4 is 17.7 Å². The SMILES string of the molecule is COC(=O)c1ccc(CSc2nc(=O)n(CCCN3CCOCC3)c3c2CCC3)o1. The van der Waals surface area contributed by atoms with E-state index in [1.807, 2.05) is 4.57 Å². The molecule has 0 saturated carbocycles. The molecule has 0 spiro atoms. The molecule has 0 amide bonds. The first-order chi connectivity index (χ1) is 14.7. The molecular formula is C21H27N3O5S. The van der Waals surface area contributed by atoms with Gasteiger partial charge in [0.1, 0.15) is 10.8 Å². The van der Waals surface area contributed by atoms with E-state index in [0.29, 0.717) is 18.1 Å². The number of morpholine rings is 1. The Hall–Kier alpha value is -2.10. The molecule has 9 heteroatoms. The minimum atomic E-state index is -0.495. The number of hydrogen-bond donors (Lipinski definition) is 0. The molecule has 0 aromatic carbocycles. The van der Waals surface area contributed by atoms with Gasteiger partial charge in [-0.25, -0.2) is 9.59 Å². The molecule has 3 heterocycles. The molecule has 1 saturated heterocycles. The number of ether oxygens (including phenoxy) is 2. The number of esters is 1. The van der Waals surface area contributed by atoms with Crippen molar-refractivity contribution in [3.05, 3.63) is 45.4 Å². The van der Waals surface area contributed by atoms with E-state index >= 15 is 0 Å². The summed E-state index contributed by atoms with van der Waals surface area (Å²) in [4.78, 5) is 31.1. The van der Waals surface area contributed by atoms with Gasteiger partial charge in [0.15, 0.2) is 0 Å². The lowest BCUT2D eigenvalue weighted by atomic mass is 10.2. The van der Waals surface area contributed by atoms with Crippen molar-refractivity contribution in [1.29, 1.82) is 0 Å². The average Bonchev–Trinajstić information content (AvgIpc) is 3.44. The first-order valence-electron chi connectivity index (χ1n) is 10.4. The molecule has 2 aromatic rings. The van der Waals surface area contributed by atoms with Crippen molar-refractivity contribution in [1.82, 2.24) is 14.5 Å². The van der Waals surface area contributed by atoms with Gasteiger partial charge in [-0.3, -0.25) is 9.47 Å². The van der Waals surface area contributed by atoms with Crippen molar-refractivity contribution in [3.63, 3.8) is 0 Å². The molecule has 0 bridgehead atoms. The predicted molar refractivity (Wildman–Crippen MR) is 112 cm³/mol. The van der Waals surface area contributed by atoms with Gasteiger partial charge in [-0.2, -0.15) is 4.98 Å². The molecular weight excluding hydrogens is 406 g/mol. The number of carbonyl (C=O) groups excluding carboxylic acids is 1. The normalized spacial score (nSPS) is 16.6. The fourth-order valence-electron chi connectivity index (χ4n) is 4.02. The highest BCUT2D eigenvalue weighted by Gasteiger charge is 2.22. The second kappa shape index (κ2) is 9.80. The van der Waals surface area contributed by atoms with Crippen molar-refractivity contribution in [2.45, 2.75) is 43.0 Å². The third-order valence-corrected chi connectivity index (χ3v) is 6.60. The number of aromatic nitrogens is 2. The van der Waals surface area contributed by atoms with Crippen LogP contribution < -0.4 is 5.69 Å². The number of carbonyl (C=O) groups is 1. The zero-order chi connectivity index (χ0) is 20.9. The highest BCUT2D eigenvalue weighted by Crippen LogP contribution is 2.31. The second-order valence-corrected chi connectivity index (χ2v) is 8.45. The van der Waals surface area contributed by atoms with E-state index in [-0.39, 0.29) is 11.4 Å². The molecule has 1 aliphatic heterocycles. The topological polar surface area (TPSA) is 86.8 Å². The number of fused-ring (bicyclic) bond motifs is 1. The van der Waals surface area contributed by atoms with Gasteiger partial charge in [0.05, 0.1) is 26.1 Å². The average molecular weight is 434 g/mol. The molecule has 0 radical (unpaired) electrons. The first kappa shape index (κ1) is 21.1. The quantitative estimate of drug-likeness (QED) is 0.356. The fraction of sp³-hybridized carbons (Fsp3) is 0.571. The van der Waals surface area contributed by atoms with Gasteiger partial charge in [-0.1, -0.05) is 11.8 Å². The molecule has 8 nitrogen and oxygen atoms in total. The Labute approximate surface area is 179 Å². The third kappa shape index (κ3) is 4.79. The number of furan rings is 1. The van der Waals surface area contributed by atoms with Crippen molar-refractivity contribution in [3.8, 4) is 0 Å². The molecule has 30 heavy (non-hydrogen) atoms. The summed E-state index contributed by atoms with van der Waals surface area (Å²) in [5, 5.41) is 0.785. The fourth-order valence-corrected chi connectivity index (χ4v) is 4.99. The Morgan fingerprint density at radius 1 is 1.23 bits per heavy atom. The van der Waals surface area contributed by atoms with Crippen molar-refractivity contribution < 1.29 is 18.7 Å². The van der Waals surface area contributed by atoms with Gasteiger partial charge < -0.3 is 13.9 Å². The Kier molecular flexibility index (Phi) is 6.91. The monoisotopic (exact) mass is 433 g/mol. The Balaban J connectivity index is 1.42. The number of methoxy groups -OCH3 is 1. The van der Waals surface area contributed by atoms with E-state index < -0.39 is 5.97 Å². The molecule has 2 aliphatic rings. The zero-order valence-electron chi connectivity index (χ0n) is 17.2. The molecule has 0 N–H and O–H groups in total. The van der Waals surface area contributed by atoms with Crippen LogP contribution in [-0.4, -0.2) is 60.4 Å². The summed E-state index contributed by atoms with van der Waals surface area (Å²) >= 11 is 1.49. The maximum atomic E-state index is 12.7. The van der Waals surface area contributed by atoms with E-state index in [2.05, 4.69) is 14.6 Å². The lowest BCUT2D eigenvalue weighted by molar-refractivity contribution is 0.0368. The van der Waals surface area contributed by atoms with Crippen LogP contribution in [0.2, 0.25) is 0 Å². The zero-order valence-corrected chi connectivity index (χ0v) is 18.0. The molecule has 2 aromatic heterocycles. The van der Waals surface area contributed by atoms with Gasteiger partial charge in [0.25, 0.3) is 0 Å². The van der Waals surface area contributed by atoms with E-state index in [1.54, 1.807) is 12.1 Å². The Morgan fingerprint density at radius 2 is 2.07 bits per heavy atom. The largest absolute Gasteiger partial charge is 0.463 e. The lowest BCUT2D eigenvalue weighted by Gasteiger charge is -2.26. The molecule has 162 valence electrons. The summed E-state index contributed by atoms with van der Waals surface area (Å²) in [6, 6.07) is 3.36. The first-order valence-corrected chi connectivity index (χ1v) is 11.4. The van der Waals surface area contributed by atoms with Gasteiger partial charge in [-0.05, 0) is 37.8 Å². The van der Waals surface area contributed by atoms with Crippen LogP contribution in [0.4, 0.5) is 0 Å². The van der Waals surface area contributed by atoms with Crippen LogP contribution in [0.3, 0.4) is 0 Å². The standard InChI is InChI=1S/C21H27N3O5S/c1-27-20(25)18-7-6-15(29-18)14-30-19-16-4-2-5-17(16)24(21(26)22-19)9-3-8-23-10-12-28-13-11-23/h6-7H,2-5,8-14H2,1H3. The van der Waals surface area contributed by atoms with Crippen LogP contribution in [0.1, 0.15) is 40.4 Å². The van der Waals surface area contributed by atoms with Gasteiger partial charge in [-0.15, -0.1) is 0 Å². The highest BCUT2D eigenvalue weighted by molar-refractivity contribution is 7.98. The van der Waals surface area contributed by atoms with Crippen LogP contribution in [0.5, 0.6) is 0 Å². The molecule has 1 fully saturated rings. The van der Waals surface area contributed by atoms with E-state index in [9.17, 15) is 9.59 Å². The number of thioether (sulfide) groups is 1. The Bertz CT molecular complexity index is 949. The second-order valence-electron chi connectivity index (χ2n) is 7.48. The summed E-state index contributed by atoms with van der Waals surface area (Å²) < 4.78 is 17.5. The van der Waals surface area contributed by atoms with Crippen LogP contribution in [0.25, 0.3) is 0 Å². The lowest BCUT2D eigenvalue weighted by Crippen LogP contribution is -2.37.